The van der Waals surface area contributed by atoms with Crippen molar-refractivity contribution in [3.63, 3.8) is 0 Å². The number of anilines is 1. The van der Waals surface area contributed by atoms with Crippen molar-refractivity contribution in [1.29, 1.82) is 0 Å². The van der Waals surface area contributed by atoms with Gasteiger partial charge in [0.25, 0.3) is 0 Å². The molecule has 1 N–H and O–H groups in total. The minimum atomic E-state index is -3.65. The Kier molecular flexibility index (Phi) is 6.95. The molecule has 3 rings (SSSR count). The fourth-order valence-electron chi connectivity index (χ4n) is 2.76. The molecule has 8 nitrogen and oxygen atoms in total. The van der Waals surface area contributed by atoms with Crippen LogP contribution in [0.4, 0.5) is 5.69 Å². The van der Waals surface area contributed by atoms with E-state index in [-0.39, 0.29) is 25.6 Å². The van der Waals surface area contributed by atoms with Gasteiger partial charge in [0.15, 0.2) is 11.5 Å². The molecule has 29 heavy (non-hydrogen) atoms. The molecular formula is C20H24N2O6S. The Morgan fingerprint density at radius 1 is 1.14 bits per heavy atom. The molecular weight excluding hydrogens is 396 g/mol. The van der Waals surface area contributed by atoms with Gasteiger partial charge in [-0.25, -0.2) is 8.42 Å². The van der Waals surface area contributed by atoms with Crippen LogP contribution >= 0.6 is 0 Å². The predicted molar refractivity (Wildman–Crippen MR) is 108 cm³/mol. The zero-order chi connectivity index (χ0) is 20.7. The number of sulfonamides is 1. The number of nitrogens with zero attached hydrogens (tertiary/aromatic N) is 1. The Balaban J connectivity index is 1.54. The van der Waals surface area contributed by atoms with Crippen LogP contribution in [-0.4, -0.2) is 46.6 Å². The minimum absolute atomic E-state index is 0.0861. The number of nitrogens with one attached hydrogen (secondary N) is 1. The van der Waals surface area contributed by atoms with Gasteiger partial charge < -0.3 is 19.5 Å². The lowest BCUT2D eigenvalue weighted by Gasteiger charge is -2.23. The van der Waals surface area contributed by atoms with Crippen molar-refractivity contribution < 1.29 is 27.4 Å². The molecule has 1 amide bonds. The van der Waals surface area contributed by atoms with Crippen molar-refractivity contribution in [2.75, 3.05) is 36.5 Å². The normalized spacial score (nSPS) is 12.6. The first-order valence-electron chi connectivity index (χ1n) is 9.28. The second kappa shape index (κ2) is 9.62. The number of carbonyl (C=O) groups excluding carboxylic acids is 1. The molecule has 1 aliphatic rings. The van der Waals surface area contributed by atoms with Crippen molar-refractivity contribution >= 4 is 21.6 Å². The van der Waals surface area contributed by atoms with E-state index < -0.39 is 15.9 Å². The van der Waals surface area contributed by atoms with Gasteiger partial charge in [0, 0.05) is 12.6 Å². The number of carbonyl (C=O) groups is 1. The fraction of sp³-hybridized carbons (Fsp3) is 0.350. The zero-order valence-corrected chi connectivity index (χ0v) is 17.0. The van der Waals surface area contributed by atoms with Crippen LogP contribution in [0.2, 0.25) is 0 Å². The summed E-state index contributed by atoms with van der Waals surface area (Å²) in [6.07, 6.45) is 0. The third kappa shape index (κ3) is 5.61. The highest BCUT2D eigenvalue weighted by atomic mass is 32.2. The first-order chi connectivity index (χ1) is 14.0. The molecule has 0 aliphatic carbocycles. The summed E-state index contributed by atoms with van der Waals surface area (Å²) >= 11 is 0. The summed E-state index contributed by atoms with van der Waals surface area (Å²) in [7, 11) is -3.65. The number of benzene rings is 2. The number of amides is 1. The van der Waals surface area contributed by atoms with Gasteiger partial charge in [0.05, 0.1) is 24.7 Å². The molecule has 9 heteroatoms. The molecule has 1 heterocycles. The lowest BCUT2D eigenvalue weighted by Crippen LogP contribution is -2.42. The molecule has 0 atom stereocenters. The Bertz CT molecular complexity index is 933. The summed E-state index contributed by atoms with van der Waals surface area (Å²) < 4.78 is 42.2. The zero-order valence-electron chi connectivity index (χ0n) is 16.2. The molecule has 0 spiro atoms. The molecule has 1 aliphatic heterocycles. The predicted octanol–water partition coefficient (Wildman–Crippen LogP) is 1.90. The highest BCUT2D eigenvalue weighted by molar-refractivity contribution is 7.92. The van der Waals surface area contributed by atoms with Gasteiger partial charge in [-0.3, -0.25) is 9.10 Å². The van der Waals surface area contributed by atoms with E-state index in [0.717, 1.165) is 9.87 Å². The van der Waals surface area contributed by atoms with Gasteiger partial charge in [-0.1, -0.05) is 30.3 Å². The first-order valence-corrected chi connectivity index (χ1v) is 10.9. The quantitative estimate of drug-likeness (QED) is 0.590. The van der Waals surface area contributed by atoms with E-state index in [1.165, 1.54) is 6.92 Å². The van der Waals surface area contributed by atoms with E-state index in [9.17, 15) is 13.2 Å². The van der Waals surface area contributed by atoms with E-state index in [1.54, 1.807) is 18.2 Å². The Labute approximate surface area is 170 Å². The molecule has 0 bridgehead atoms. The van der Waals surface area contributed by atoms with Crippen LogP contribution in [0.1, 0.15) is 12.5 Å². The Morgan fingerprint density at radius 2 is 1.90 bits per heavy atom. The number of rotatable bonds is 10. The summed E-state index contributed by atoms with van der Waals surface area (Å²) in [5.41, 5.74) is 1.40. The second-order valence-corrected chi connectivity index (χ2v) is 8.51. The van der Waals surface area contributed by atoms with Gasteiger partial charge in [0.1, 0.15) is 6.54 Å². The van der Waals surface area contributed by atoms with E-state index >= 15 is 0 Å². The summed E-state index contributed by atoms with van der Waals surface area (Å²) in [5, 5.41) is 2.69. The summed E-state index contributed by atoms with van der Waals surface area (Å²) in [4.78, 5) is 12.3. The summed E-state index contributed by atoms with van der Waals surface area (Å²) in [6.45, 7) is 2.35. The topological polar surface area (TPSA) is 94.2 Å². The van der Waals surface area contributed by atoms with Crippen molar-refractivity contribution in [3.05, 3.63) is 54.1 Å². The molecule has 0 saturated carbocycles. The van der Waals surface area contributed by atoms with Gasteiger partial charge in [-0.05, 0) is 24.6 Å². The van der Waals surface area contributed by atoms with Gasteiger partial charge in [0.2, 0.25) is 22.7 Å². The van der Waals surface area contributed by atoms with Gasteiger partial charge in [-0.2, -0.15) is 0 Å². The van der Waals surface area contributed by atoms with Crippen LogP contribution in [0.3, 0.4) is 0 Å². The van der Waals surface area contributed by atoms with E-state index in [4.69, 9.17) is 14.2 Å². The maximum atomic E-state index is 12.5. The van der Waals surface area contributed by atoms with Crippen molar-refractivity contribution in [3.8, 4) is 11.5 Å². The molecule has 0 radical (unpaired) electrons. The van der Waals surface area contributed by atoms with Crippen LogP contribution in [-0.2, 0) is 26.2 Å². The standard InChI is InChI=1S/C20H24N2O6S/c1-2-29(24,25)22(17-8-9-18-19(12-17)28-15-27-18)13-20(23)21-10-11-26-14-16-6-4-3-5-7-16/h3-9,12H,2,10-11,13-15H2,1H3,(H,21,23). The number of ether oxygens (including phenoxy) is 3. The molecule has 0 unspecified atom stereocenters. The van der Waals surface area contributed by atoms with Crippen molar-refractivity contribution in [1.82, 2.24) is 5.32 Å². The lowest BCUT2D eigenvalue weighted by molar-refractivity contribution is -0.119. The van der Waals surface area contributed by atoms with Crippen LogP contribution < -0.4 is 19.1 Å². The van der Waals surface area contributed by atoms with Crippen LogP contribution in [0.25, 0.3) is 0 Å². The van der Waals surface area contributed by atoms with Gasteiger partial charge in [-0.15, -0.1) is 0 Å². The molecule has 156 valence electrons. The maximum absolute atomic E-state index is 12.5. The van der Waals surface area contributed by atoms with E-state index in [0.29, 0.717) is 30.4 Å². The maximum Gasteiger partial charge on any atom is 0.240 e. The average molecular weight is 420 g/mol. The second-order valence-electron chi connectivity index (χ2n) is 6.33. The lowest BCUT2D eigenvalue weighted by atomic mass is 10.2. The third-order valence-electron chi connectivity index (χ3n) is 4.31. The third-order valence-corrected chi connectivity index (χ3v) is 6.05. The Morgan fingerprint density at radius 3 is 2.66 bits per heavy atom. The number of fused-ring (bicyclic) bond motifs is 1. The van der Waals surface area contributed by atoms with Crippen LogP contribution in [0.5, 0.6) is 11.5 Å². The van der Waals surface area contributed by atoms with Gasteiger partial charge >= 0.3 is 0 Å². The van der Waals surface area contributed by atoms with Crippen molar-refractivity contribution in [2.45, 2.75) is 13.5 Å². The van der Waals surface area contributed by atoms with Crippen LogP contribution in [0.15, 0.2) is 48.5 Å². The molecule has 0 fully saturated rings. The van der Waals surface area contributed by atoms with Crippen LogP contribution in [0, 0.1) is 0 Å². The highest BCUT2D eigenvalue weighted by Crippen LogP contribution is 2.36. The Hall–Kier alpha value is -2.78. The molecule has 0 aromatic heterocycles. The number of hydrogen-bond donors (Lipinski definition) is 1. The number of hydrogen-bond acceptors (Lipinski definition) is 6. The minimum Gasteiger partial charge on any atom is -0.454 e. The largest absolute Gasteiger partial charge is 0.454 e. The van der Waals surface area contributed by atoms with Crippen molar-refractivity contribution in [2.24, 2.45) is 0 Å². The summed E-state index contributed by atoms with van der Waals surface area (Å²) in [5.74, 6) is 0.452. The van der Waals surface area contributed by atoms with E-state index in [2.05, 4.69) is 5.32 Å². The van der Waals surface area contributed by atoms with E-state index in [1.807, 2.05) is 30.3 Å². The molecule has 0 saturated heterocycles. The highest BCUT2D eigenvalue weighted by Gasteiger charge is 2.25. The first kappa shape index (κ1) is 20.9. The fourth-order valence-corrected chi connectivity index (χ4v) is 3.82. The molecule has 2 aromatic carbocycles. The summed E-state index contributed by atoms with van der Waals surface area (Å²) in [6, 6.07) is 14.5. The monoisotopic (exact) mass is 420 g/mol. The SMILES string of the molecule is CCS(=O)(=O)N(CC(=O)NCCOCc1ccccc1)c1ccc2c(c1)OCO2. The molecule has 2 aromatic rings. The average Bonchev–Trinajstić information content (AvgIpc) is 3.20. The smallest absolute Gasteiger partial charge is 0.240 e.